The lowest BCUT2D eigenvalue weighted by molar-refractivity contribution is -0.136. The molecule has 3 heterocycles. The van der Waals surface area contributed by atoms with Gasteiger partial charge in [-0.1, -0.05) is 12.1 Å². The van der Waals surface area contributed by atoms with Gasteiger partial charge in [0.1, 0.15) is 6.04 Å². The first-order chi connectivity index (χ1) is 13.6. The van der Waals surface area contributed by atoms with Gasteiger partial charge in [-0.3, -0.25) is 19.7 Å². The van der Waals surface area contributed by atoms with Crippen LogP contribution in [-0.4, -0.2) is 47.8 Å². The Morgan fingerprint density at radius 1 is 1.18 bits per heavy atom. The van der Waals surface area contributed by atoms with Crippen molar-refractivity contribution in [3.05, 3.63) is 34.9 Å². The van der Waals surface area contributed by atoms with Gasteiger partial charge < -0.3 is 15.5 Å². The molecule has 148 valence electrons. The van der Waals surface area contributed by atoms with Crippen LogP contribution >= 0.6 is 0 Å². The first-order valence-corrected chi connectivity index (χ1v) is 10.3. The topological polar surface area (TPSA) is 90.5 Å². The fourth-order valence-electron chi connectivity index (χ4n) is 5.26. The Labute approximate surface area is 164 Å². The van der Waals surface area contributed by atoms with Crippen molar-refractivity contribution in [2.75, 3.05) is 13.1 Å². The van der Waals surface area contributed by atoms with E-state index in [0.29, 0.717) is 18.5 Å². The molecule has 0 radical (unpaired) electrons. The van der Waals surface area contributed by atoms with E-state index < -0.39 is 6.04 Å². The van der Waals surface area contributed by atoms with Gasteiger partial charge in [0.2, 0.25) is 11.8 Å². The summed E-state index contributed by atoms with van der Waals surface area (Å²) in [5, 5.41) is 9.45. The van der Waals surface area contributed by atoms with Gasteiger partial charge in [0, 0.05) is 31.1 Å². The number of hydrogen-bond acceptors (Lipinski definition) is 5. The fourth-order valence-corrected chi connectivity index (χ4v) is 5.26. The van der Waals surface area contributed by atoms with Crippen molar-refractivity contribution in [2.45, 2.75) is 50.9 Å². The molecule has 4 unspecified atom stereocenters. The van der Waals surface area contributed by atoms with Crippen LogP contribution in [0.2, 0.25) is 0 Å². The van der Waals surface area contributed by atoms with Gasteiger partial charge in [-0.25, -0.2) is 0 Å². The summed E-state index contributed by atoms with van der Waals surface area (Å²) in [6, 6.07) is 6.20. The number of rotatable bonds is 5. The zero-order valence-electron chi connectivity index (χ0n) is 15.9. The number of fused-ring (bicyclic) bond motifs is 2. The Hall–Kier alpha value is -2.25. The van der Waals surface area contributed by atoms with Crippen molar-refractivity contribution in [3.63, 3.8) is 0 Å². The van der Waals surface area contributed by atoms with E-state index in [1.165, 1.54) is 12.8 Å². The van der Waals surface area contributed by atoms with Gasteiger partial charge >= 0.3 is 0 Å². The lowest BCUT2D eigenvalue weighted by Gasteiger charge is -2.40. The zero-order valence-corrected chi connectivity index (χ0v) is 15.9. The number of imide groups is 1. The van der Waals surface area contributed by atoms with Gasteiger partial charge in [0.15, 0.2) is 0 Å². The molecule has 0 spiro atoms. The Kier molecular flexibility index (Phi) is 4.44. The first kappa shape index (κ1) is 17.8. The maximum absolute atomic E-state index is 12.9. The van der Waals surface area contributed by atoms with Crippen LogP contribution in [-0.2, 0) is 22.7 Å². The number of benzene rings is 1. The SMILES string of the molecule is O=C1CCC(N2Cc3ccc(CNCC4CC5NCCC45)cc3C2=O)C(=O)N1. The molecule has 3 N–H and O–H groups in total. The second kappa shape index (κ2) is 6.97. The summed E-state index contributed by atoms with van der Waals surface area (Å²) in [5.74, 6) is 0.866. The summed E-state index contributed by atoms with van der Waals surface area (Å²) in [6.07, 6.45) is 3.24. The van der Waals surface area contributed by atoms with Gasteiger partial charge in [-0.05, 0) is 61.4 Å². The molecule has 1 aliphatic carbocycles. The predicted octanol–water partition coefficient (Wildman–Crippen LogP) is 0.535. The summed E-state index contributed by atoms with van der Waals surface area (Å²) >= 11 is 0. The van der Waals surface area contributed by atoms with Crippen LogP contribution in [0.25, 0.3) is 0 Å². The molecule has 4 aliphatic rings. The number of amides is 3. The Morgan fingerprint density at radius 3 is 2.89 bits per heavy atom. The number of piperidine rings is 1. The maximum Gasteiger partial charge on any atom is 0.255 e. The number of carbonyl (C=O) groups is 3. The van der Waals surface area contributed by atoms with E-state index in [-0.39, 0.29) is 24.1 Å². The Morgan fingerprint density at radius 2 is 2.07 bits per heavy atom. The van der Waals surface area contributed by atoms with Gasteiger partial charge in [0.05, 0.1) is 0 Å². The van der Waals surface area contributed by atoms with Crippen LogP contribution in [0.5, 0.6) is 0 Å². The van der Waals surface area contributed by atoms with Crippen LogP contribution < -0.4 is 16.0 Å². The van der Waals surface area contributed by atoms with Crippen molar-refractivity contribution < 1.29 is 14.4 Å². The molecule has 0 aromatic heterocycles. The molecule has 7 heteroatoms. The molecule has 1 saturated carbocycles. The van der Waals surface area contributed by atoms with Crippen LogP contribution in [0.4, 0.5) is 0 Å². The van der Waals surface area contributed by atoms with Crippen molar-refractivity contribution in [2.24, 2.45) is 11.8 Å². The molecule has 1 aromatic rings. The average Bonchev–Trinajstić information content (AvgIpc) is 3.19. The van der Waals surface area contributed by atoms with Gasteiger partial charge in [-0.2, -0.15) is 0 Å². The molecule has 4 atom stereocenters. The van der Waals surface area contributed by atoms with E-state index in [1.54, 1.807) is 4.90 Å². The minimum Gasteiger partial charge on any atom is -0.322 e. The lowest BCUT2D eigenvalue weighted by Crippen LogP contribution is -2.52. The predicted molar refractivity (Wildman–Crippen MR) is 102 cm³/mol. The highest BCUT2D eigenvalue weighted by atomic mass is 16.2. The fraction of sp³-hybridized carbons (Fsp3) is 0.571. The van der Waals surface area contributed by atoms with Crippen LogP contribution in [0.15, 0.2) is 18.2 Å². The molecular formula is C21H26N4O3. The Bertz CT molecular complexity index is 839. The minimum atomic E-state index is -0.550. The lowest BCUT2D eigenvalue weighted by atomic mass is 9.70. The molecule has 28 heavy (non-hydrogen) atoms. The molecule has 3 fully saturated rings. The van der Waals surface area contributed by atoms with Crippen molar-refractivity contribution >= 4 is 17.7 Å². The average molecular weight is 382 g/mol. The third-order valence-electron chi connectivity index (χ3n) is 6.89. The molecule has 0 bridgehead atoms. The van der Waals surface area contributed by atoms with E-state index in [2.05, 4.69) is 22.0 Å². The van der Waals surface area contributed by atoms with Crippen LogP contribution in [0.3, 0.4) is 0 Å². The monoisotopic (exact) mass is 382 g/mol. The summed E-state index contributed by atoms with van der Waals surface area (Å²) in [6.45, 7) is 3.37. The highest BCUT2D eigenvalue weighted by Crippen LogP contribution is 2.40. The highest BCUT2D eigenvalue weighted by molar-refractivity contribution is 6.05. The first-order valence-electron chi connectivity index (χ1n) is 10.3. The second-order valence-electron chi connectivity index (χ2n) is 8.53. The maximum atomic E-state index is 12.9. The smallest absolute Gasteiger partial charge is 0.255 e. The zero-order chi connectivity index (χ0) is 19.3. The Balaban J connectivity index is 1.20. The number of nitrogens with zero attached hydrogens (tertiary/aromatic N) is 1. The van der Waals surface area contributed by atoms with Crippen molar-refractivity contribution in [3.8, 4) is 0 Å². The third kappa shape index (κ3) is 3.02. The van der Waals surface area contributed by atoms with Gasteiger partial charge in [-0.15, -0.1) is 0 Å². The molecule has 7 nitrogen and oxygen atoms in total. The number of nitrogens with one attached hydrogen (secondary N) is 3. The summed E-state index contributed by atoms with van der Waals surface area (Å²) < 4.78 is 0. The standard InChI is InChI=1S/C21H26N4O3/c26-19-4-3-18(20(27)24-19)25-11-13-2-1-12(7-16(13)21(25)28)9-22-10-14-8-17-15(14)5-6-23-17/h1-2,7,14-15,17-18,22-23H,3-6,8-11H2,(H,24,26,27). The van der Waals surface area contributed by atoms with Crippen molar-refractivity contribution in [1.82, 2.24) is 20.9 Å². The molecule has 2 saturated heterocycles. The van der Waals surface area contributed by atoms with E-state index in [9.17, 15) is 14.4 Å². The second-order valence-corrected chi connectivity index (χ2v) is 8.53. The summed E-state index contributed by atoms with van der Waals surface area (Å²) in [7, 11) is 0. The quantitative estimate of drug-likeness (QED) is 0.647. The summed E-state index contributed by atoms with van der Waals surface area (Å²) in [5.41, 5.74) is 2.74. The molecular weight excluding hydrogens is 356 g/mol. The van der Waals surface area contributed by atoms with Gasteiger partial charge in [0.25, 0.3) is 5.91 Å². The molecule has 3 amide bonds. The van der Waals surface area contributed by atoms with E-state index in [4.69, 9.17) is 0 Å². The largest absolute Gasteiger partial charge is 0.322 e. The van der Waals surface area contributed by atoms with E-state index in [0.717, 1.165) is 48.6 Å². The molecule has 1 aromatic carbocycles. The number of carbonyl (C=O) groups excluding carboxylic acids is 3. The van der Waals surface area contributed by atoms with E-state index >= 15 is 0 Å². The third-order valence-corrected chi connectivity index (χ3v) is 6.89. The minimum absolute atomic E-state index is 0.106. The van der Waals surface area contributed by atoms with Crippen molar-refractivity contribution in [1.29, 1.82) is 0 Å². The molecule has 5 rings (SSSR count). The van der Waals surface area contributed by atoms with E-state index in [1.807, 2.05) is 12.1 Å². The number of hydrogen-bond donors (Lipinski definition) is 3. The highest BCUT2D eigenvalue weighted by Gasteiger charge is 2.43. The normalized spacial score (nSPS) is 31.4. The summed E-state index contributed by atoms with van der Waals surface area (Å²) in [4.78, 5) is 38.0. The molecule has 3 aliphatic heterocycles. The van der Waals surface area contributed by atoms with Crippen LogP contribution in [0.1, 0.15) is 47.2 Å². The van der Waals surface area contributed by atoms with Crippen LogP contribution in [0, 0.1) is 11.8 Å².